The van der Waals surface area contributed by atoms with Crippen molar-refractivity contribution in [1.82, 2.24) is 9.97 Å². The van der Waals surface area contributed by atoms with Crippen molar-refractivity contribution in [3.63, 3.8) is 0 Å². The van der Waals surface area contributed by atoms with Gasteiger partial charge in [-0.05, 0) is 49.4 Å². The second kappa shape index (κ2) is 7.44. The van der Waals surface area contributed by atoms with Gasteiger partial charge in [0.15, 0.2) is 0 Å². The minimum absolute atomic E-state index is 0.189. The number of carbonyl (C=O) groups is 1. The molecular weight excluding hydrogens is 316 g/mol. The third-order valence-corrected chi connectivity index (χ3v) is 3.55. The van der Waals surface area contributed by atoms with Crippen molar-refractivity contribution in [2.24, 2.45) is 0 Å². The van der Waals surface area contributed by atoms with Crippen LogP contribution in [0.1, 0.15) is 16.1 Å². The van der Waals surface area contributed by atoms with E-state index in [1.807, 2.05) is 37.3 Å². The highest BCUT2D eigenvalue weighted by atomic mass is 16.5. The Morgan fingerprint density at radius 2 is 1.76 bits per heavy atom. The van der Waals surface area contributed by atoms with Crippen molar-refractivity contribution >= 4 is 23.1 Å². The number of anilines is 3. The molecule has 0 unspecified atom stereocenters. The Morgan fingerprint density at radius 3 is 2.48 bits per heavy atom. The molecule has 1 aromatic heterocycles. The van der Waals surface area contributed by atoms with Gasteiger partial charge in [-0.3, -0.25) is 4.79 Å². The van der Waals surface area contributed by atoms with E-state index in [9.17, 15) is 4.79 Å². The van der Waals surface area contributed by atoms with E-state index in [1.165, 1.54) is 6.33 Å². The van der Waals surface area contributed by atoms with Crippen molar-refractivity contribution in [2.75, 3.05) is 17.7 Å². The maximum atomic E-state index is 12.3. The monoisotopic (exact) mass is 334 g/mol. The zero-order chi connectivity index (χ0) is 17.6. The summed E-state index contributed by atoms with van der Waals surface area (Å²) in [6.07, 6.45) is 1.51. The highest BCUT2D eigenvalue weighted by molar-refractivity contribution is 6.04. The number of rotatable bonds is 5. The zero-order valence-electron chi connectivity index (χ0n) is 14.0. The Labute approximate surface area is 145 Å². The standard InChI is InChI=1S/C19H18N4O2/c1-13-10-18(21-12-20-13)22-15-6-8-16(9-7-15)23-19(24)14-4-3-5-17(11-14)25-2/h3-12H,1-2H3,(H,23,24)(H,20,21,22). The van der Waals surface area contributed by atoms with Gasteiger partial charge in [0, 0.05) is 28.7 Å². The molecule has 3 rings (SSSR count). The third-order valence-electron chi connectivity index (χ3n) is 3.55. The Bertz CT molecular complexity index is 879. The number of aryl methyl sites for hydroxylation is 1. The number of carbonyl (C=O) groups excluding carboxylic acids is 1. The van der Waals surface area contributed by atoms with Gasteiger partial charge in [-0.25, -0.2) is 9.97 Å². The van der Waals surface area contributed by atoms with Gasteiger partial charge in [0.1, 0.15) is 17.9 Å². The average molecular weight is 334 g/mol. The molecule has 3 aromatic rings. The topological polar surface area (TPSA) is 76.1 Å². The van der Waals surface area contributed by atoms with E-state index in [4.69, 9.17) is 4.74 Å². The van der Waals surface area contributed by atoms with Crippen LogP contribution in [0.25, 0.3) is 0 Å². The average Bonchev–Trinajstić information content (AvgIpc) is 2.63. The van der Waals surface area contributed by atoms with Crippen LogP contribution < -0.4 is 15.4 Å². The molecule has 0 saturated heterocycles. The van der Waals surface area contributed by atoms with Gasteiger partial charge in [-0.2, -0.15) is 0 Å². The highest BCUT2D eigenvalue weighted by Crippen LogP contribution is 2.19. The lowest BCUT2D eigenvalue weighted by Crippen LogP contribution is -2.11. The summed E-state index contributed by atoms with van der Waals surface area (Å²) < 4.78 is 5.14. The van der Waals surface area contributed by atoms with Crippen molar-refractivity contribution in [3.05, 3.63) is 72.2 Å². The first-order valence-electron chi connectivity index (χ1n) is 7.75. The van der Waals surface area contributed by atoms with Gasteiger partial charge in [0.25, 0.3) is 5.91 Å². The van der Waals surface area contributed by atoms with Gasteiger partial charge in [-0.15, -0.1) is 0 Å². The van der Waals surface area contributed by atoms with E-state index in [0.29, 0.717) is 17.0 Å². The van der Waals surface area contributed by atoms with Crippen molar-refractivity contribution < 1.29 is 9.53 Å². The first kappa shape index (κ1) is 16.4. The van der Waals surface area contributed by atoms with Gasteiger partial charge in [-0.1, -0.05) is 6.07 Å². The normalized spacial score (nSPS) is 10.2. The molecular formula is C19H18N4O2. The van der Waals surface area contributed by atoms with E-state index in [0.717, 1.165) is 17.2 Å². The summed E-state index contributed by atoms with van der Waals surface area (Å²) in [4.78, 5) is 20.5. The second-order valence-corrected chi connectivity index (χ2v) is 5.43. The molecule has 126 valence electrons. The van der Waals surface area contributed by atoms with Crippen molar-refractivity contribution in [1.29, 1.82) is 0 Å². The van der Waals surface area contributed by atoms with Crippen molar-refractivity contribution in [3.8, 4) is 5.75 Å². The van der Waals surface area contributed by atoms with Crippen LogP contribution >= 0.6 is 0 Å². The van der Waals surface area contributed by atoms with Crippen LogP contribution in [0.5, 0.6) is 5.75 Å². The largest absolute Gasteiger partial charge is 0.497 e. The fourth-order valence-electron chi connectivity index (χ4n) is 2.28. The van der Waals surface area contributed by atoms with Gasteiger partial charge < -0.3 is 15.4 Å². The molecule has 0 aliphatic carbocycles. The number of methoxy groups -OCH3 is 1. The Kier molecular flexibility index (Phi) is 4.89. The Balaban J connectivity index is 1.66. The van der Waals surface area contributed by atoms with Crippen LogP contribution in [0.2, 0.25) is 0 Å². The number of aromatic nitrogens is 2. The highest BCUT2D eigenvalue weighted by Gasteiger charge is 2.07. The maximum Gasteiger partial charge on any atom is 0.255 e. The van der Waals surface area contributed by atoms with Crippen molar-refractivity contribution in [2.45, 2.75) is 6.92 Å². The molecule has 0 saturated carbocycles. The number of nitrogens with zero attached hydrogens (tertiary/aromatic N) is 2. The zero-order valence-corrected chi connectivity index (χ0v) is 14.0. The molecule has 2 N–H and O–H groups in total. The van der Waals surface area contributed by atoms with E-state index in [2.05, 4.69) is 20.6 Å². The minimum atomic E-state index is -0.189. The summed E-state index contributed by atoms with van der Waals surface area (Å²) in [5.41, 5.74) is 3.01. The van der Waals surface area contributed by atoms with Crippen LogP contribution in [-0.4, -0.2) is 23.0 Å². The number of benzene rings is 2. The molecule has 0 aliphatic rings. The van der Waals surface area contributed by atoms with Crippen LogP contribution in [0.3, 0.4) is 0 Å². The fourth-order valence-corrected chi connectivity index (χ4v) is 2.28. The number of hydrogen-bond donors (Lipinski definition) is 2. The summed E-state index contributed by atoms with van der Waals surface area (Å²) >= 11 is 0. The summed E-state index contributed by atoms with van der Waals surface area (Å²) in [6.45, 7) is 1.91. The minimum Gasteiger partial charge on any atom is -0.497 e. The van der Waals surface area contributed by atoms with Gasteiger partial charge in [0.2, 0.25) is 0 Å². The summed E-state index contributed by atoms with van der Waals surface area (Å²) in [5, 5.41) is 6.05. The SMILES string of the molecule is COc1cccc(C(=O)Nc2ccc(Nc3cc(C)ncn3)cc2)c1. The first-order chi connectivity index (χ1) is 12.1. The van der Waals surface area contributed by atoms with Crippen LogP contribution in [0, 0.1) is 6.92 Å². The van der Waals surface area contributed by atoms with Crippen LogP contribution in [-0.2, 0) is 0 Å². The lowest BCUT2D eigenvalue weighted by molar-refractivity contribution is 0.102. The predicted molar refractivity (Wildman–Crippen MR) is 97.4 cm³/mol. The van der Waals surface area contributed by atoms with Crippen LogP contribution in [0.15, 0.2) is 60.9 Å². The molecule has 1 amide bonds. The molecule has 6 nitrogen and oxygen atoms in total. The Hall–Kier alpha value is -3.41. The maximum absolute atomic E-state index is 12.3. The van der Waals surface area contributed by atoms with Gasteiger partial charge in [0.05, 0.1) is 7.11 Å². The third kappa shape index (κ3) is 4.32. The predicted octanol–water partition coefficient (Wildman–Crippen LogP) is 3.79. The number of amides is 1. The molecule has 0 bridgehead atoms. The molecule has 2 aromatic carbocycles. The molecule has 0 fully saturated rings. The molecule has 1 heterocycles. The lowest BCUT2D eigenvalue weighted by atomic mass is 10.2. The van der Waals surface area contributed by atoms with E-state index in [1.54, 1.807) is 31.4 Å². The lowest BCUT2D eigenvalue weighted by Gasteiger charge is -2.09. The first-order valence-corrected chi connectivity index (χ1v) is 7.75. The molecule has 0 aliphatic heterocycles. The molecule has 0 atom stereocenters. The van der Waals surface area contributed by atoms with Gasteiger partial charge >= 0.3 is 0 Å². The van der Waals surface area contributed by atoms with E-state index < -0.39 is 0 Å². The fraction of sp³-hybridized carbons (Fsp3) is 0.105. The molecule has 0 radical (unpaired) electrons. The smallest absolute Gasteiger partial charge is 0.255 e. The Morgan fingerprint density at radius 1 is 1.00 bits per heavy atom. The summed E-state index contributed by atoms with van der Waals surface area (Å²) in [5.74, 6) is 1.18. The van der Waals surface area contributed by atoms with E-state index in [-0.39, 0.29) is 5.91 Å². The number of ether oxygens (including phenoxy) is 1. The molecule has 0 spiro atoms. The van der Waals surface area contributed by atoms with E-state index >= 15 is 0 Å². The van der Waals surface area contributed by atoms with Crippen LogP contribution in [0.4, 0.5) is 17.2 Å². The second-order valence-electron chi connectivity index (χ2n) is 5.43. The number of nitrogens with one attached hydrogen (secondary N) is 2. The molecule has 25 heavy (non-hydrogen) atoms. The number of hydrogen-bond acceptors (Lipinski definition) is 5. The molecule has 6 heteroatoms. The quantitative estimate of drug-likeness (QED) is 0.742. The summed E-state index contributed by atoms with van der Waals surface area (Å²) in [6, 6.07) is 16.3. The summed E-state index contributed by atoms with van der Waals surface area (Å²) in [7, 11) is 1.57.